The van der Waals surface area contributed by atoms with E-state index in [-0.39, 0.29) is 12.5 Å². The molecule has 3 rings (SSSR count). The van der Waals surface area contributed by atoms with E-state index in [4.69, 9.17) is 11.6 Å². The third kappa shape index (κ3) is 5.06. The smallest absolute Gasteiger partial charge is 0.253 e. The second-order valence-corrected chi connectivity index (χ2v) is 9.79. The van der Waals surface area contributed by atoms with E-state index in [1.807, 2.05) is 17.0 Å². The monoisotopic (exact) mass is 420 g/mol. The molecular weight excluding hydrogens is 396 g/mol. The second kappa shape index (κ2) is 8.53. The number of sulfonamides is 1. The Morgan fingerprint density at radius 2 is 1.93 bits per heavy atom. The van der Waals surface area contributed by atoms with E-state index >= 15 is 0 Å². The summed E-state index contributed by atoms with van der Waals surface area (Å²) in [7, 11) is -3.48. The summed E-state index contributed by atoms with van der Waals surface area (Å²) in [6, 6.07) is 13.9. The maximum Gasteiger partial charge on any atom is 0.253 e. The van der Waals surface area contributed by atoms with Crippen LogP contribution in [0, 0.1) is 5.92 Å². The van der Waals surface area contributed by atoms with Crippen molar-refractivity contribution in [2.75, 3.05) is 23.7 Å². The lowest BCUT2D eigenvalue weighted by Gasteiger charge is -2.31. The fourth-order valence-corrected chi connectivity index (χ4v) is 4.57. The molecule has 1 amide bonds. The van der Waals surface area contributed by atoms with Crippen LogP contribution < -0.4 is 4.31 Å². The number of halogens is 1. The molecule has 1 fully saturated rings. The van der Waals surface area contributed by atoms with Crippen molar-refractivity contribution in [2.45, 2.75) is 26.3 Å². The number of nitrogens with zero attached hydrogens (tertiary/aromatic N) is 2. The van der Waals surface area contributed by atoms with Crippen LogP contribution in [0.15, 0.2) is 48.5 Å². The van der Waals surface area contributed by atoms with Gasteiger partial charge in [0.05, 0.1) is 18.5 Å². The van der Waals surface area contributed by atoms with Gasteiger partial charge in [0.15, 0.2) is 0 Å². The molecule has 2 aromatic carbocycles. The van der Waals surface area contributed by atoms with Crippen LogP contribution in [-0.2, 0) is 16.6 Å². The van der Waals surface area contributed by atoms with Crippen LogP contribution in [0.25, 0.3) is 0 Å². The predicted molar refractivity (Wildman–Crippen MR) is 113 cm³/mol. The van der Waals surface area contributed by atoms with Crippen LogP contribution in [0.5, 0.6) is 0 Å². The summed E-state index contributed by atoms with van der Waals surface area (Å²) in [6.45, 7) is 3.92. The standard InChI is InChI=1S/C21H25ClN2O3S/c1-16-5-4-12-23(14-16)21(25)18-10-8-17(9-11-18)15-24(28(2,26)27)20-7-3-6-19(22)13-20/h3,6-11,13,16H,4-5,12,14-15H2,1-2H3/t16-/m0/s1. The lowest BCUT2D eigenvalue weighted by atomic mass is 9.99. The van der Waals surface area contributed by atoms with E-state index in [1.165, 1.54) is 10.6 Å². The average molecular weight is 421 g/mol. The molecule has 1 atom stereocenters. The van der Waals surface area contributed by atoms with Crippen LogP contribution >= 0.6 is 11.6 Å². The fraction of sp³-hybridized carbons (Fsp3) is 0.381. The third-order valence-electron chi connectivity index (χ3n) is 4.97. The van der Waals surface area contributed by atoms with Crippen molar-refractivity contribution >= 4 is 33.2 Å². The molecule has 0 bridgehead atoms. The molecule has 0 aliphatic carbocycles. The number of anilines is 1. The molecular formula is C21H25ClN2O3S. The number of likely N-dealkylation sites (tertiary alicyclic amines) is 1. The highest BCUT2D eigenvalue weighted by molar-refractivity contribution is 7.92. The Labute approximate surface area is 172 Å². The first-order chi connectivity index (χ1) is 13.2. The summed E-state index contributed by atoms with van der Waals surface area (Å²) in [5.74, 6) is 0.561. The highest BCUT2D eigenvalue weighted by Gasteiger charge is 2.22. The van der Waals surface area contributed by atoms with Gasteiger partial charge in [-0.25, -0.2) is 8.42 Å². The van der Waals surface area contributed by atoms with Gasteiger partial charge >= 0.3 is 0 Å². The number of carbonyl (C=O) groups is 1. The van der Waals surface area contributed by atoms with Crippen molar-refractivity contribution in [3.63, 3.8) is 0 Å². The second-order valence-electron chi connectivity index (χ2n) is 7.44. The molecule has 1 aliphatic heterocycles. The van der Waals surface area contributed by atoms with Gasteiger partial charge in [0.2, 0.25) is 10.0 Å². The first kappa shape index (κ1) is 20.7. The van der Waals surface area contributed by atoms with Gasteiger partial charge in [0.25, 0.3) is 5.91 Å². The molecule has 0 saturated carbocycles. The first-order valence-electron chi connectivity index (χ1n) is 9.35. The summed E-state index contributed by atoms with van der Waals surface area (Å²) in [6.07, 6.45) is 3.37. The molecule has 0 spiro atoms. The van der Waals surface area contributed by atoms with Gasteiger partial charge in [-0.15, -0.1) is 0 Å². The Bertz CT molecular complexity index is 944. The Balaban J connectivity index is 1.77. The predicted octanol–water partition coefficient (Wildman–Crippen LogP) is 4.18. The number of amides is 1. The summed E-state index contributed by atoms with van der Waals surface area (Å²) < 4.78 is 25.9. The lowest BCUT2D eigenvalue weighted by molar-refractivity contribution is 0.0683. The zero-order chi connectivity index (χ0) is 20.3. The number of hydrogen-bond donors (Lipinski definition) is 0. The van der Waals surface area contributed by atoms with Crippen molar-refractivity contribution in [3.8, 4) is 0 Å². The molecule has 28 heavy (non-hydrogen) atoms. The van der Waals surface area contributed by atoms with Crippen molar-refractivity contribution in [3.05, 3.63) is 64.7 Å². The van der Waals surface area contributed by atoms with E-state index in [0.717, 1.165) is 31.5 Å². The van der Waals surface area contributed by atoms with Gasteiger partial charge in [0, 0.05) is 23.7 Å². The SMILES string of the molecule is C[C@H]1CCCN(C(=O)c2ccc(CN(c3cccc(Cl)c3)S(C)(=O)=O)cc2)C1. The van der Waals surface area contributed by atoms with Crippen molar-refractivity contribution in [2.24, 2.45) is 5.92 Å². The number of carbonyl (C=O) groups excluding carboxylic acids is 1. The number of piperidine rings is 1. The third-order valence-corrected chi connectivity index (χ3v) is 6.34. The van der Waals surface area contributed by atoms with Crippen LogP contribution in [-0.4, -0.2) is 38.6 Å². The van der Waals surface area contributed by atoms with Gasteiger partial charge in [-0.05, 0) is 54.7 Å². The molecule has 1 heterocycles. The highest BCUT2D eigenvalue weighted by Crippen LogP contribution is 2.24. The molecule has 0 radical (unpaired) electrons. The number of benzene rings is 2. The van der Waals surface area contributed by atoms with Gasteiger partial charge in [-0.1, -0.05) is 36.7 Å². The van der Waals surface area contributed by atoms with E-state index in [0.29, 0.717) is 22.2 Å². The fourth-order valence-electron chi connectivity index (χ4n) is 3.51. The molecule has 150 valence electrons. The summed E-state index contributed by atoms with van der Waals surface area (Å²) in [5.41, 5.74) is 1.94. The minimum atomic E-state index is -3.48. The van der Waals surface area contributed by atoms with E-state index in [1.54, 1.807) is 36.4 Å². The Morgan fingerprint density at radius 3 is 2.54 bits per heavy atom. The van der Waals surface area contributed by atoms with Gasteiger partial charge in [0.1, 0.15) is 0 Å². The lowest BCUT2D eigenvalue weighted by Crippen LogP contribution is -2.39. The number of hydrogen-bond acceptors (Lipinski definition) is 3. The van der Waals surface area contributed by atoms with E-state index < -0.39 is 10.0 Å². The average Bonchev–Trinajstić information content (AvgIpc) is 2.65. The van der Waals surface area contributed by atoms with E-state index in [2.05, 4.69) is 6.92 Å². The zero-order valence-corrected chi connectivity index (χ0v) is 17.7. The molecule has 5 nitrogen and oxygen atoms in total. The van der Waals surface area contributed by atoms with Crippen LogP contribution in [0.2, 0.25) is 5.02 Å². The first-order valence-corrected chi connectivity index (χ1v) is 11.6. The molecule has 1 aliphatic rings. The maximum atomic E-state index is 12.7. The molecule has 0 aromatic heterocycles. The number of rotatable bonds is 5. The quantitative estimate of drug-likeness (QED) is 0.729. The summed E-state index contributed by atoms with van der Waals surface area (Å²) in [4.78, 5) is 14.6. The van der Waals surface area contributed by atoms with Gasteiger partial charge < -0.3 is 4.90 Å². The van der Waals surface area contributed by atoms with Crippen molar-refractivity contribution in [1.82, 2.24) is 4.90 Å². The van der Waals surface area contributed by atoms with Crippen molar-refractivity contribution < 1.29 is 13.2 Å². The molecule has 0 N–H and O–H groups in total. The largest absolute Gasteiger partial charge is 0.338 e. The molecule has 0 unspecified atom stereocenters. The molecule has 7 heteroatoms. The molecule has 2 aromatic rings. The topological polar surface area (TPSA) is 57.7 Å². The van der Waals surface area contributed by atoms with Crippen molar-refractivity contribution in [1.29, 1.82) is 0 Å². The Morgan fingerprint density at radius 1 is 1.21 bits per heavy atom. The highest BCUT2D eigenvalue weighted by atomic mass is 35.5. The van der Waals surface area contributed by atoms with E-state index in [9.17, 15) is 13.2 Å². The maximum absolute atomic E-state index is 12.7. The van der Waals surface area contributed by atoms with Gasteiger partial charge in [-0.2, -0.15) is 0 Å². The zero-order valence-electron chi connectivity index (χ0n) is 16.1. The van der Waals surface area contributed by atoms with Crippen LogP contribution in [0.3, 0.4) is 0 Å². The molecule has 1 saturated heterocycles. The Kier molecular flexibility index (Phi) is 6.30. The summed E-state index contributed by atoms with van der Waals surface area (Å²) in [5, 5.41) is 0.475. The normalized spacial score (nSPS) is 17.4. The minimum Gasteiger partial charge on any atom is -0.338 e. The Hall–Kier alpha value is -2.05. The van der Waals surface area contributed by atoms with Crippen LogP contribution in [0.1, 0.15) is 35.7 Å². The minimum absolute atomic E-state index is 0.0351. The summed E-state index contributed by atoms with van der Waals surface area (Å²) >= 11 is 6.02. The van der Waals surface area contributed by atoms with Crippen LogP contribution in [0.4, 0.5) is 5.69 Å². The van der Waals surface area contributed by atoms with Gasteiger partial charge in [-0.3, -0.25) is 9.10 Å².